The lowest BCUT2D eigenvalue weighted by Crippen LogP contribution is -2.31. The van der Waals surface area contributed by atoms with Crippen LogP contribution in [0, 0.1) is 5.82 Å². The average Bonchev–Trinajstić information content (AvgIpc) is 2.55. The van der Waals surface area contributed by atoms with Gasteiger partial charge >= 0.3 is 0 Å². The lowest BCUT2D eigenvalue weighted by Gasteiger charge is -2.26. The summed E-state index contributed by atoms with van der Waals surface area (Å²) in [4.78, 5) is 12.2. The second-order valence-corrected chi connectivity index (χ2v) is 5.84. The summed E-state index contributed by atoms with van der Waals surface area (Å²) in [6, 6.07) is 14.8. The Morgan fingerprint density at radius 1 is 1.14 bits per heavy atom. The summed E-state index contributed by atoms with van der Waals surface area (Å²) in [5, 5.41) is 3.14. The predicted octanol–water partition coefficient (Wildman–Crippen LogP) is 3.95. The molecule has 1 aliphatic rings. The van der Waals surface area contributed by atoms with Crippen molar-refractivity contribution in [1.82, 2.24) is 5.32 Å². The summed E-state index contributed by atoms with van der Waals surface area (Å²) >= 11 is 0. The van der Waals surface area contributed by atoms with Gasteiger partial charge < -0.3 is 5.32 Å². The summed E-state index contributed by atoms with van der Waals surface area (Å²) < 4.78 is 12.9. The number of nitrogens with one attached hydrogen (secondary N) is 1. The van der Waals surface area contributed by atoms with Gasteiger partial charge in [-0.2, -0.15) is 0 Å². The number of halogens is 1. The van der Waals surface area contributed by atoms with Gasteiger partial charge in [-0.15, -0.1) is 0 Å². The van der Waals surface area contributed by atoms with Crippen LogP contribution in [0.1, 0.15) is 42.0 Å². The van der Waals surface area contributed by atoms with Crippen LogP contribution in [0.25, 0.3) is 0 Å². The van der Waals surface area contributed by atoms with E-state index in [0.717, 1.165) is 24.8 Å². The first-order chi connectivity index (χ1) is 10.7. The Morgan fingerprint density at radius 2 is 1.91 bits per heavy atom. The highest BCUT2D eigenvalue weighted by Crippen LogP contribution is 2.29. The summed E-state index contributed by atoms with van der Waals surface area (Å²) in [7, 11) is 0. The highest BCUT2D eigenvalue weighted by Gasteiger charge is 2.20. The number of hydrogen-bond donors (Lipinski definition) is 1. The van der Waals surface area contributed by atoms with Crippen molar-refractivity contribution in [2.24, 2.45) is 0 Å². The van der Waals surface area contributed by atoms with Gasteiger partial charge in [0.1, 0.15) is 5.82 Å². The molecule has 0 saturated heterocycles. The zero-order chi connectivity index (χ0) is 15.4. The highest BCUT2D eigenvalue weighted by molar-refractivity contribution is 5.76. The molecular weight excluding hydrogens is 277 g/mol. The van der Waals surface area contributed by atoms with Crippen LogP contribution in [0.4, 0.5) is 4.39 Å². The van der Waals surface area contributed by atoms with Gasteiger partial charge in [0.25, 0.3) is 0 Å². The Morgan fingerprint density at radius 3 is 2.73 bits per heavy atom. The molecule has 0 saturated carbocycles. The van der Waals surface area contributed by atoms with E-state index in [1.54, 1.807) is 12.1 Å². The number of carbonyl (C=O) groups is 1. The van der Waals surface area contributed by atoms with Crippen LogP contribution < -0.4 is 5.32 Å². The Labute approximate surface area is 130 Å². The van der Waals surface area contributed by atoms with Crippen LogP contribution in [-0.4, -0.2) is 5.91 Å². The van der Waals surface area contributed by atoms with E-state index >= 15 is 0 Å². The molecule has 0 aliphatic heterocycles. The van der Waals surface area contributed by atoms with Crippen LogP contribution in [0.15, 0.2) is 48.5 Å². The summed E-state index contributed by atoms with van der Waals surface area (Å²) in [6.07, 6.45) is 4.28. The zero-order valence-electron chi connectivity index (χ0n) is 12.5. The zero-order valence-corrected chi connectivity index (χ0v) is 12.5. The molecule has 3 heteroatoms. The van der Waals surface area contributed by atoms with Crippen LogP contribution in [0.2, 0.25) is 0 Å². The van der Waals surface area contributed by atoms with Crippen molar-refractivity contribution in [2.45, 2.75) is 38.1 Å². The first-order valence-electron chi connectivity index (χ1n) is 7.84. The molecule has 2 aromatic rings. The van der Waals surface area contributed by atoms with Crippen LogP contribution in [-0.2, 0) is 17.6 Å². The first kappa shape index (κ1) is 14.8. The minimum atomic E-state index is -0.244. The Balaban J connectivity index is 1.57. The monoisotopic (exact) mass is 297 g/mol. The molecule has 2 nitrogen and oxygen atoms in total. The molecule has 1 amide bonds. The fraction of sp³-hybridized carbons (Fsp3) is 0.316. The van der Waals surface area contributed by atoms with Gasteiger partial charge in [-0.25, -0.2) is 4.39 Å². The molecule has 0 radical (unpaired) electrons. The SMILES string of the molecule is O=C(CCc1ccc(F)cc1)N[C@H]1CCCc2ccccc21. The number of amides is 1. The maximum Gasteiger partial charge on any atom is 0.220 e. The molecule has 0 heterocycles. The molecule has 0 aromatic heterocycles. The predicted molar refractivity (Wildman–Crippen MR) is 85.0 cm³/mol. The van der Waals surface area contributed by atoms with E-state index in [-0.39, 0.29) is 17.8 Å². The number of rotatable bonds is 4. The molecule has 1 atom stereocenters. The lowest BCUT2D eigenvalue weighted by molar-refractivity contribution is -0.121. The van der Waals surface area contributed by atoms with E-state index < -0.39 is 0 Å². The van der Waals surface area contributed by atoms with Crippen molar-refractivity contribution >= 4 is 5.91 Å². The van der Waals surface area contributed by atoms with Gasteiger partial charge in [0.05, 0.1) is 6.04 Å². The Kier molecular flexibility index (Phi) is 4.52. The number of hydrogen-bond acceptors (Lipinski definition) is 1. The topological polar surface area (TPSA) is 29.1 Å². The quantitative estimate of drug-likeness (QED) is 0.909. The van der Waals surface area contributed by atoms with Gasteiger partial charge in [-0.3, -0.25) is 4.79 Å². The molecule has 22 heavy (non-hydrogen) atoms. The van der Waals surface area contributed by atoms with E-state index in [9.17, 15) is 9.18 Å². The van der Waals surface area contributed by atoms with Gasteiger partial charge in [0, 0.05) is 6.42 Å². The van der Waals surface area contributed by atoms with Gasteiger partial charge in [0.2, 0.25) is 5.91 Å². The van der Waals surface area contributed by atoms with Crippen molar-refractivity contribution in [3.8, 4) is 0 Å². The molecule has 2 aromatic carbocycles. The third kappa shape index (κ3) is 3.53. The fourth-order valence-corrected chi connectivity index (χ4v) is 3.08. The second-order valence-electron chi connectivity index (χ2n) is 5.84. The summed E-state index contributed by atoms with van der Waals surface area (Å²) in [6.45, 7) is 0. The standard InChI is InChI=1S/C19H20FNO/c20-16-11-8-14(9-12-16)10-13-19(22)21-18-7-3-5-15-4-1-2-6-17(15)18/h1-2,4,6,8-9,11-12,18H,3,5,7,10,13H2,(H,21,22)/t18-/m0/s1. The number of fused-ring (bicyclic) bond motifs is 1. The molecule has 0 unspecified atom stereocenters. The highest BCUT2D eigenvalue weighted by atomic mass is 19.1. The molecule has 3 rings (SSSR count). The first-order valence-corrected chi connectivity index (χ1v) is 7.84. The lowest BCUT2D eigenvalue weighted by atomic mass is 9.87. The third-order valence-electron chi connectivity index (χ3n) is 4.26. The average molecular weight is 297 g/mol. The number of carbonyl (C=O) groups excluding carboxylic acids is 1. The summed E-state index contributed by atoms with van der Waals surface area (Å²) in [5.74, 6) is -0.182. The smallest absolute Gasteiger partial charge is 0.220 e. The van der Waals surface area contributed by atoms with Crippen LogP contribution in [0.5, 0.6) is 0 Å². The third-order valence-corrected chi connectivity index (χ3v) is 4.26. The molecule has 0 fully saturated rings. The number of benzene rings is 2. The largest absolute Gasteiger partial charge is 0.349 e. The van der Waals surface area contributed by atoms with Crippen molar-refractivity contribution in [1.29, 1.82) is 0 Å². The maximum atomic E-state index is 12.9. The van der Waals surface area contributed by atoms with E-state index in [2.05, 4.69) is 23.5 Å². The van der Waals surface area contributed by atoms with Crippen molar-refractivity contribution in [2.75, 3.05) is 0 Å². The van der Waals surface area contributed by atoms with Crippen LogP contribution >= 0.6 is 0 Å². The van der Waals surface area contributed by atoms with E-state index in [1.165, 1.54) is 23.3 Å². The molecule has 1 N–H and O–H groups in total. The van der Waals surface area contributed by atoms with Gasteiger partial charge in [0.15, 0.2) is 0 Å². The van der Waals surface area contributed by atoms with Crippen molar-refractivity contribution < 1.29 is 9.18 Å². The Hall–Kier alpha value is -2.16. The second kappa shape index (κ2) is 6.73. The van der Waals surface area contributed by atoms with Crippen molar-refractivity contribution in [3.05, 3.63) is 71.0 Å². The van der Waals surface area contributed by atoms with E-state index in [1.807, 2.05) is 6.07 Å². The van der Waals surface area contributed by atoms with Gasteiger partial charge in [-0.1, -0.05) is 36.4 Å². The minimum absolute atomic E-state index is 0.0611. The van der Waals surface area contributed by atoms with E-state index in [0.29, 0.717) is 12.8 Å². The normalized spacial score (nSPS) is 16.9. The molecular formula is C19H20FNO. The molecule has 0 spiro atoms. The maximum absolute atomic E-state index is 12.9. The summed E-state index contributed by atoms with van der Waals surface area (Å²) in [5.41, 5.74) is 3.59. The number of aryl methyl sites for hydroxylation is 2. The molecule has 114 valence electrons. The van der Waals surface area contributed by atoms with E-state index in [4.69, 9.17) is 0 Å². The Bertz CT molecular complexity index is 651. The molecule has 1 aliphatic carbocycles. The molecule has 0 bridgehead atoms. The van der Waals surface area contributed by atoms with Crippen molar-refractivity contribution in [3.63, 3.8) is 0 Å². The fourth-order valence-electron chi connectivity index (χ4n) is 3.08. The van der Waals surface area contributed by atoms with Gasteiger partial charge in [-0.05, 0) is 54.5 Å². The van der Waals surface area contributed by atoms with Crippen LogP contribution in [0.3, 0.4) is 0 Å². The minimum Gasteiger partial charge on any atom is -0.349 e.